The molecule has 0 amide bonds. The van der Waals surface area contributed by atoms with Gasteiger partial charge in [0.1, 0.15) is 11.3 Å². The van der Waals surface area contributed by atoms with Crippen molar-refractivity contribution >= 4 is 11.0 Å². The summed E-state index contributed by atoms with van der Waals surface area (Å²) in [4.78, 5) is 0. The molecule has 1 aromatic carbocycles. The van der Waals surface area contributed by atoms with Crippen molar-refractivity contribution in [1.29, 1.82) is 0 Å². The summed E-state index contributed by atoms with van der Waals surface area (Å²) in [6.07, 6.45) is 0. The molecule has 0 radical (unpaired) electrons. The van der Waals surface area contributed by atoms with Gasteiger partial charge in [-0.1, -0.05) is 18.2 Å². The Morgan fingerprint density at radius 2 is 2.05 bits per heavy atom. The van der Waals surface area contributed by atoms with Gasteiger partial charge in [0.15, 0.2) is 0 Å². The van der Waals surface area contributed by atoms with E-state index in [1.807, 2.05) is 36.7 Å². The second kappa shape index (κ2) is 5.04. The Kier molecular flexibility index (Phi) is 3.33. The fourth-order valence-corrected chi connectivity index (χ4v) is 2.99. The van der Waals surface area contributed by atoms with Crippen molar-refractivity contribution in [3.8, 4) is 0 Å². The number of nitrogens with two attached hydrogens (primary N) is 1. The molecule has 3 aromatic rings. The minimum atomic E-state index is -0.280. The predicted molar refractivity (Wildman–Crippen MR) is 84.4 cm³/mol. The van der Waals surface area contributed by atoms with Gasteiger partial charge in [-0.3, -0.25) is 4.68 Å². The maximum atomic E-state index is 6.45. The van der Waals surface area contributed by atoms with E-state index in [2.05, 4.69) is 25.0 Å². The van der Waals surface area contributed by atoms with Gasteiger partial charge in [0.05, 0.1) is 11.7 Å². The normalized spacial score (nSPS) is 13.0. The summed E-state index contributed by atoms with van der Waals surface area (Å²) in [7, 11) is 0. The van der Waals surface area contributed by atoms with Crippen LogP contribution in [-0.4, -0.2) is 9.78 Å². The van der Waals surface area contributed by atoms with Gasteiger partial charge >= 0.3 is 0 Å². The van der Waals surface area contributed by atoms with Gasteiger partial charge in [-0.25, -0.2) is 0 Å². The lowest BCUT2D eigenvalue weighted by Crippen LogP contribution is -2.13. The largest absolute Gasteiger partial charge is 0.459 e. The molecule has 4 nitrogen and oxygen atoms in total. The molecule has 21 heavy (non-hydrogen) atoms. The molecule has 0 saturated carbocycles. The third-order valence-corrected chi connectivity index (χ3v) is 4.11. The van der Waals surface area contributed by atoms with E-state index in [0.29, 0.717) is 0 Å². The van der Waals surface area contributed by atoms with Crippen LogP contribution in [-0.2, 0) is 6.54 Å². The summed E-state index contributed by atoms with van der Waals surface area (Å²) in [5.74, 6) is 0.793. The zero-order valence-electron chi connectivity index (χ0n) is 13.0. The molecule has 0 fully saturated rings. The molecule has 0 spiro atoms. The van der Waals surface area contributed by atoms with Crippen LogP contribution in [0.5, 0.6) is 0 Å². The molecule has 2 N–H and O–H groups in total. The van der Waals surface area contributed by atoms with E-state index in [0.717, 1.165) is 45.8 Å². The van der Waals surface area contributed by atoms with Crippen LogP contribution in [0.1, 0.15) is 41.2 Å². The van der Waals surface area contributed by atoms with Crippen molar-refractivity contribution in [2.24, 2.45) is 5.73 Å². The molecule has 0 aliphatic heterocycles. The minimum absolute atomic E-state index is 0.280. The first kappa shape index (κ1) is 13.9. The van der Waals surface area contributed by atoms with Gasteiger partial charge in [0, 0.05) is 23.2 Å². The highest BCUT2D eigenvalue weighted by atomic mass is 16.3. The van der Waals surface area contributed by atoms with Gasteiger partial charge < -0.3 is 10.2 Å². The molecule has 0 saturated heterocycles. The quantitative estimate of drug-likeness (QED) is 0.798. The van der Waals surface area contributed by atoms with Gasteiger partial charge in [0.2, 0.25) is 0 Å². The summed E-state index contributed by atoms with van der Waals surface area (Å²) in [6, 6.07) is 7.89. The maximum absolute atomic E-state index is 6.45. The number of aromatic nitrogens is 2. The molecule has 110 valence electrons. The van der Waals surface area contributed by atoms with E-state index in [4.69, 9.17) is 10.2 Å². The molecule has 4 heteroatoms. The lowest BCUT2D eigenvalue weighted by Gasteiger charge is -2.10. The van der Waals surface area contributed by atoms with Gasteiger partial charge in [-0.2, -0.15) is 5.10 Å². The monoisotopic (exact) mass is 283 g/mol. The Hall–Kier alpha value is -2.07. The fraction of sp³-hybridized carbons (Fsp3) is 0.353. The van der Waals surface area contributed by atoms with E-state index >= 15 is 0 Å². The number of benzene rings is 1. The average molecular weight is 283 g/mol. The van der Waals surface area contributed by atoms with Gasteiger partial charge in [-0.15, -0.1) is 0 Å². The molecule has 3 rings (SSSR count). The van der Waals surface area contributed by atoms with Crippen molar-refractivity contribution < 1.29 is 4.42 Å². The molecule has 1 unspecified atom stereocenters. The lowest BCUT2D eigenvalue weighted by molar-refractivity contribution is 0.521. The topological polar surface area (TPSA) is 57.0 Å². The zero-order valence-corrected chi connectivity index (χ0v) is 13.0. The Morgan fingerprint density at radius 3 is 2.67 bits per heavy atom. The minimum Gasteiger partial charge on any atom is -0.459 e. The summed E-state index contributed by atoms with van der Waals surface area (Å²) in [5.41, 5.74) is 11.6. The first-order valence-corrected chi connectivity index (χ1v) is 7.31. The van der Waals surface area contributed by atoms with E-state index < -0.39 is 0 Å². The van der Waals surface area contributed by atoms with Crippen LogP contribution in [0.4, 0.5) is 0 Å². The number of fused-ring (bicyclic) bond motifs is 1. The lowest BCUT2D eigenvalue weighted by atomic mass is 10.0. The molecule has 0 aliphatic rings. The highest BCUT2D eigenvalue weighted by Gasteiger charge is 2.22. The molecule has 1 atom stereocenters. The summed E-state index contributed by atoms with van der Waals surface area (Å²) < 4.78 is 7.99. The van der Waals surface area contributed by atoms with Crippen LogP contribution in [0.2, 0.25) is 0 Å². The molecule has 0 bridgehead atoms. The van der Waals surface area contributed by atoms with Crippen LogP contribution >= 0.6 is 0 Å². The van der Waals surface area contributed by atoms with Gasteiger partial charge in [0.25, 0.3) is 0 Å². The van der Waals surface area contributed by atoms with Gasteiger partial charge in [-0.05, 0) is 39.3 Å². The van der Waals surface area contributed by atoms with Crippen LogP contribution in [0.25, 0.3) is 11.0 Å². The Labute approximate surface area is 124 Å². The molecule has 2 aromatic heterocycles. The summed E-state index contributed by atoms with van der Waals surface area (Å²) >= 11 is 0. The SMILES string of the molecule is CCn1nc(C)c(C(N)c2cc3cccc(C)c3o2)c1C. The number of hydrogen-bond donors (Lipinski definition) is 1. The molecule has 0 aliphatic carbocycles. The highest BCUT2D eigenvalue weighted by Crippen LogP contribution is 2.31. The average Bonchev–Trinajstić information content (AvgIpc) is 3.01. The van der Waals surface area contributed by atoms with E-state index in [9.17, 15) is 0 Å². The zero-order chi connectivity index (χ0) is 15.1. The van der Waals surface area contributed by atoms with Crippen LogP contribution in [0.15, 0.2) is 28.7 Å². The third-order valence-electron chi connectivity index (χ3n) is 4.11. The van der Waals surface area contributed by atoms with Crippen LogP contribution in [0.3, 0.4) is 0 Å². The summed E-state index contributed by atoms with van der Waals surface area (Å²) in [6.45, 7) is 9.04. The first-order valence-electron chi connectivity index (χ1n) is 7.31. The predicted octanol–water partition coefficient (Wildman–Crippen LogP) is 3.62. The number of para-hydroxylation sites is 1. The second-order valence-electron chi connectivity index (χ2n) is 5.52. The number of hydrogen-bond acceptors (Lipinski definition) is 3. The van der Waals surface area contributed by atoms with Crippen molar-refractivity contribution in [2.45, 2.75) is 40.3 Å². The summed E-state index contributed by atoms with van der Waals surface area (Å²) in [5, 5.41) is 5.64. The Bertz CT molecular complexity index is 798. The Morgan fingerprint density at radius 1 is 1.29 bits per heavy atom. The number of nitrogens with zero attached hydrogens (tertiary/aromatic N) is 2. The highest BCUT2D eigenvalue weighted by molar-refractivity contribution is 5.81. The molecular weight excluding hydrogens is 262 g/mol. The van der Waals surface area contributed by atoms with Crippen molar-refractivity contribution in [1.82, 2.24) is 9.78 Å². The first-order chi connectivity index (χ1) is 10.0. The number of aryl methyl sites for hydroxylation is 3. The van der Waals surface area contributed by atoms with E-state index in [1.165, 1.54) is 0 Å². The molecule has 2 heterocycles. The number of furan rings is 1. The van der Waals surface area contributed by atoms with Crippen LogP contribution in [0, 0.1) is 20.8 Å². The smallest absolute Gasteiger partial charge is 0.137 e. The molecular formula is C17H21N3O. The van der Waals surface area contributed by atoms with Crippen molar-refractivity contribution in [3.05, 3.63) is 52.5 Å². The van der Waals surface area contributed by atoms with Crippen LogP contribution < -0.4 is 5.73 Å². The van der Waals surface area contributed by atoms with Crippen molar-refractivity contribution in [3.63, 3.8) is 0 Å². The standard InChI is InChI=1S/C17H21N3O/c1-5-20-12(4)15(11(3)19-20)16(18)14-9-13-8-6-7-10(2)17(13)21-14/h6-9,16H,5,18H2,1-4H3. The van der Waals surface area contributed by atoms with E-state index in [-0.39, 0.29) is 6.04 Å². The van der Waals surface area contributed by atoms with E-state index in [1.54, 1.807) is 0 Å². The number of rotatable bonds is 3. The Balaban J connectivity index is 2.10. The van der Waals surface area contributed by atoms with Crippen molar-refractivity contribution in [2.75, 3.05) is 0 Å². The fourth-order valence-electron chi connectivity index (χ4n) is 2.99. The third kappa shape index (κ3) is 2.16. The second-order valence-corrected chi connectivity index (χ2v) is 5.52. The maximum Gasteiger partial charge on any atom is 0.137 e.